The summed E-state index contributed by atoms with van der Waals surface area (Å²) in [6, 6.07) is 7.08. The third-order valence-electron chi connectivity index (χ3n) is 6.97. The van der Waals surface area contributed by atoms with Crippen LogP contribution >= 0.6 is 0 Å². The van der Waals surface area contributed by atoms with Gasteiger partial charge in [-0.15, -0.1) is 0 Å². The van der Waals surface area contributed by atoms with Crippen molar-refractivity contribution >= 4 is 28.6 Å². The number of rotatable bonds is 13. The highest BCUT2D eigenvalue weighted by atomic mass is 16.5. The zero-order valence-electron chi connectivity index (χ0n) is 23.0. The number of carboxylic acids is 1. The van der Waals surface area contributed by atoms with E-state index in [1.807, 2.05) is 20.0 Å². The molecule has 3 rings (SSSR count). The molecule has 2 aromatic rings. The molecule has 3 N–H and O–H groups in total. The summed E-state index contributed by atoms with van der Waals surface area (Å²) in [5.41, 5.74) is 5.14. The Morgan fingerprint density at radius 1 is 1.16 bits per heavy atom. The van der Waals surface area contributed by atoms with Crippen LogP contribution in [0.2, 0.25) is 0 Å². The Labute approximate surface area is 225 Å². The maximum Gasteiger partial charge on any atom is 0.322 e. The van der Waals surface area contributed by atoms with Crippen molar-refractivity contribution in [3.05, 3.63) is 41.7 Å². The average molecular weight is 527 g/mol. The van der Waals surface area contributed by atoms with Crippen molar-refractivity contribution in [1.29, 1.82) is 0 Å². The molecular formula is C29H42N4O5. The third-order valence-corrected chi connectivity index (χ3v) is 6.97. The lowest BCUT2D eigenvalue weighted by Crippen LogP contribution is -2.59. The molecule has 9 heteroatoms. The third kappa shape index (κ3) is 8.23. The molecule has 1 saturated heterocycles. The van der Waals surface area contributed by atoms with Crippen LogP contribution in [0.4, 0.5) is 0 Å². The number of nitrogens with one attached hydrogen (secondary N) is 2. The van der Waals surface area contributed by atoms with Crippen molar-refractivity contribution in [1.82, 2.24) is 20.7 Å². The first kappa shape index (κ1) is 29.5. The molecule has 0 bridgehead atoms. The van der Waals surface area contributed by atoms with Crippen molar-refractivity contribution < 1.29 is 24.2 Å². The highest BCUT2D eigenvalue weighted by molar-refractivity contribution is 5.89. The van der Waals surface area contributed by atoms with Gasteiger partial charge in [-0.3, -0.25) is 24.4 Å². The summed E-state index contributed by atoms with van der Waals surface area (Å²) in [6.45, 7) is 8.45. The van der Waals surface area contributed by atoms with Crippen LogP contribution in [0.25, 0.3) is 10.8 Å². The van der Waals surface area contributed by atoms with Crippen LogP contribution < -0.4 is 10.7 Å². The molecule has 0 spiro atoms. The van der Waals surface area contributed by atoms with Gasteiger partial charge in [-0.05, 0) is 68.4 Å². The number of unbranched alkanes of at least 4 members (excludes halogenated alkanes) is 2. The van der Waals surface area contributed by atoms with Crippen LogP contribution in [0.1, 0.15) is 71.1 Å². The highest BCUT2D eigenvalue weighted by Crippen LogP contribution is 2.18. The fourth-order valence-electron chi connectivity index (χ4n) is 4.67. The molecule has 1 fully saturated rings. The molecule has 1 unspecified atom stereocenters. The molecule has 2 heterocycles. The van der Waals surface area contributed by atoms with Gasteiger partial charge in [-0.25, -0.2) is 5.43 Å². The lowest BCUT2D eigenvalue weighted by Gasteiger charge is -2.34. The van der Waals surface area contributed by atoms with Crippen molar-refractivity contribution in [2.75, 3.05) is 13.2 Å². The number of ether oxygens (including phenoxy) is 1. The predicted molar refractivity (Wildman–Crippen MR) is 146 cm³/mol. The summed E-state index contributed by atoms with van der Waals surface area (Å²) in [5, 5.41) is 15.6. The molecule has 0 aliphatic carbocycles. The first-order valence-electron chi connectivity index (χ1n) is 13.8. The van der Waals surface area contributed by atoms with E-state index in [4.69, 9.17) is 4.74 Å². The van der Waals surface area contributed by atoms with E-state index >= 15 is 0 Å². The van der Waals surface area contributed by atoms with Crippen LogP contribution in [0.15, 0.2) is 30.5 Å². The zero-order chi connectivity index (χ0) is 27.7. The van der Waals surface area contributed by atoms with Crippen LogP contribution in [0, 0.1) is 5.92 Å². The number of amides is 2. The SMILES string of the molecule is CCc1ccc2cnc(CCCCCOC(C(=O)N[C@@H](C)C(=O)N3CCC[C@@H](C(=O)O)N3)C(C)C)cc2c1. The van der Waals surface area contributed by atoms with Gasteiger partial charge in [0.05, 0.1) is 0 Å². The Balaban J connectivity index is 1.41. The number of aliphatic carboxylic acids is 1. The largest absolute Gasteiger partial charge is 0.480 e. The molecule has 38 heavy (non-hydrogen) atoms. The van der Waals surface area contributed by atoms with Crippen LogP contribution in [-0.4, -0.2) is 64.2 Å². The Hall–Kier alpha value is -3.04. The standard InChI is InChI=1S/C29H42N4O5/c1-5-21-12-13-22-18-30-24(17-23(22)16-21)10-7-6-8-15-38-26(19(2)3)27(34)31-20(4)28(35)33-14-9-11-25(32-33)29(36)37/h12-13,16-20,25-26,32H,5-11,14-15H2,1-4H3,(H,31,34)(H,36,37)/t20-,25-,26?/m0/s1. The van der Waals surface area contributed by atoms with Gasteiger partial charge in [-0.1, -0.05) is 45.4 Å². The summed E-state index contributed by atoms with van der Waals surface area (Å²) < 4.78 is 5.93. The summed E-state index contributed by atoms with van der Waals surface area (Å²) in [6.07, 6.45) is 7.01. The van der Waals surface area contributed by atoms with E-state index < -0.39 is 24.2 Å². The van der Waals surface area contributed by atoms with E-state index in [0.29, 0.717) is 26.0 Å². The quantitative estimate of drug-likeness (QED) is 0.341. The minimum absolute atomic E-state index is 0.0587. The number of fused-ring (bicyclic) bond motifs is 1. The van der Waals surface area contributed by atoms with Gasteiger partial charge in [0.25, 0.3) is 5.91 Å². The van der Waals surface area contributed by atoms with Crippen LogP contribution in [-0.2, 0) is 32.0 Å². The first-order chi connectivity index (χ1) is 18.2. The average Bonchev–Trinajstić information content (AvgIpc) is 2.91. The molecule has 0 radical (unpaired) electrons. The summed E-state index contributed by atoms with van der Waals surface area (Å²) in [7, 11) is 0. The minimum atomic E-state index is -0.994. The molecule has 208 valence electrons. The molecule has 1 aromatic carbocycles. The van der Waals surface area contributed by atoms with Gasteiger partial charge in [0.15, 0.2) is 0 Å². The Kier molecular flexibility index (Phi) is 11.0. The maximum atomic E-state index is 12.9. The van der Waals surface area contributed by atoms with Crippen molar-refractivity contribution in [2.45, 2.75) is 90.8 Å². The summed E-state index contributed by atoms with van der Waals surface area (Å²) >= 11 is 0. The van der Waals surface area contributed by atoms with E-state index in [2.05, 4.69) is 46.9 Å². The fourth-order valence-corrected chi connectivity index (χ4v) is 4.67. The van der Waals surface area contributed by atoms with E-state index in [-0.39, 0.29) is 17.7 Å². The van der Waals surface area contributed by atoms with E-state index in [0.717, 1.165) is 43.2 Å². The van der Waals surface area contributed by atoms with Gasteiger partial charge in [0, 0.05) is 30.4 Å². The molecule has 2 amide bonds. The van der Waals surface area contributed by atoms with Crippen molar-refractivity contribution in [2.24, 2.45) is 5.92 Å². The van der Waals surface area contributed by atoms with Crippen molar-refractivity contribution in [3.8, 4) is 0 Å². The molecule has 1 aromatic heterocycles. The predicted octanol–water partition coefficient (Wildman–Crippen LogP) is 3.64. The normalized spacial score (nSPS) is 17.4. The number of carbonyl (C=O) groups is 3. The number of carboxylic acid groups (broad SMARTS) is 1. The minimum Gasteiger partial charge on any atom is -0.480 e. The van der Waals surface area contributed by atoms with Gasteiger partial charge >= 0.3 is 5.97 Å². The number of hydrazine groups is 1. The molecule has 3 atom stereocenters. The molecule has 1 aliphatic rings. The maximum absolute atomic E-state index is 12.9. The Bertz CT molecular complexity index is 1110. The number of aromatic nitrogens is 1. The molecular weight excluding hydrogens is 484 g/mol. The summed E-state index contributed by atoms with van der Waals surface area (Å²) in [4.78, 5) is 41.5. The topological polar surface area (TPSA) is 121 Å². The highest BCUT2D eigenvalue weighted by Gasteiger charge is 2.32. The summed E-state index contributed by atoms with van der Waals surface area (Å²) in [5.74, 6) is -1.75. The molecule has 0 saturated carbocycles. The number of nitrogens with zero attached hydrogens (tertiary/aromatic N) is 2. The van der Waals surface area contributed by atoms with Gasteiger partial charge in [0.2, 0.25) is 5.91 Å². The second kappa shape index (κ2) is 14.2. The number of carbonyl (C=O) groups excluding carboxylic acids is 2. The van der Waals surface area contributed by atoms with E-state index in [9.17, 15) is 19.5 Å². The number of aryl methyl sites for hydroxylation is 2. The monoisotopic (exact) mass is 526 g/mol. The lowest BCUT2D eigenvalue weighted by molar-refractivity contribution is -0.149. The fraction of sp³-hybridized carbons (Fsp3) is 0.586. The Morgan fingerprint density at radius 2 is 1.95 bits per heavy atom. The van der Waals surface area contributed by atoms with Gasteiger partial charge in [0.1, 0.15) is 18.2 Å². The number of hydrogen-bond acceptors (Lipinski definition) is 6. The number of benzene rings is 1. The molecule has 9 nitrogen and oxygen atoms in total. The second-order valence-electron chi connectivity index (χ2n) is 10.4. The lowest BCUT2D eigenvalue weighted by atomic mass is 10.0. The molecule has 1 aliphatic heterocycles. The van der Waals surface area contributed by atoms with E-state index in [1.54, 1.807) is 6.92 Å². The van der Waals surface area contributed by atoms with Crippen LogP contribution in [0.5, 0.6) is 0 Å². The van der Waals surface area contributed by atoms with Gasteiger partial charge in [-0.2, -0.15) is 0 Å². The van der Waals surface area contributed by atoms with Gasteiger partial charge < -0.3 is 15.2 Å². The number of hydrogen-bond donors (Lipinski definition) is 3. The smallest absolute Gasteiger partial charge is 0.322 e. The van der Waals surface area contributed by atoms with Crippen LogP contribution in [0.3, 0.4) is 0 Å². The van der Waals surface area contributed by atoms with Crippen molar-refractivity contribution in [3.63, 3.8) is 0 Å². The van der Waals surface area contributed by atoms with E-state index in [1.165, 1.54) is 16.0 Å². The second-order valence-corrected chi connectivity index (χ2v) is 10.4. The first-order valence-corrected chi connectivity index (χ1v) is 13.8. The number of pyridine rings is 1. The Morgan fingerprint density at radius 3 is 2.66 bits per heavy atom. The zero-order valence-corrected chi connectivity index (χ0v) is 23.0.